The van der Waals surface area contributed by atoms with Gasteiger partial charge in [0.1, 0.15) is 17.3 Å². The van der Waals surface area contributed by atoms with Gasteiger partial charge in [-0.3, -0.25) is 9.69 Å². The number of hydrogen-bond acceptors (Lipinski definition) is 4. The summed E-state index contributed by atoms with van der Waals surface area (Å²) in [5, 5.41) is 2.99. The molecule has 0 aliphatic carbocycles. The third-order valence-corrected chi connectivity index (χ3v) is 4.62. The summed E-state index contributed by atoms with van der Waals surface area (Å²) in [7, 11) is 3.51. The first-order valence-corrected chi connectivity index (χ1v) is 9.03. The van der Waals surface area contributed by atoms with Crippen LogP contribution in [0.3, 0.4) is 0 Å². The van der Waals surface area contributed by atoms with Gasteiger partial charge in [-0.05, 0) is 42.8 Å². The van der Waals surface area contributed by atoms with Crippen LogP contribution in [-0.2, 0) is 17.8 Å². The number of hydrogen-bond donors (Lipinski definition) is 1. The van der Waals surface area contributed by atoms with Gasteiger partial charge in [-0.25, -0.2) is 4.39 Å². The third kappa shape index (κ3) is 5.44. The van der Waals surface area contributed by atoms with Gasteiger partial charge in [0.15, 0.2) is 0 Å². The Bertz CT molecular complexity index is 779. The number of halogens is 1. The van der Waals surface area contributed by atoms with Crippen molar-refractivity contribution in [3.8, 4) is 11.5 Å². The molecule has 144 valence electrons. The van der Waals surface area contributed by atoms with E-state index in [1.165, 1.54) is 12.1 Å². The van der Waals surface area contributed by atoms with E-state index in [4.69, 9.17) is 9.47 Å². The minimum Gasteiger partial charge on any atom is -0.497 e. The van der Waals surface area contributed by atoms with Crippen LogP contribution in [0.25, 0.3) is 0 Å². The van der Waals surface area contributed by atoms with E-state index in [1.54, 1.807) is 19.2 Å². The summed E-state index contributed by atoms with van der Waals surface area (Å²) < 4.78 is 24.0. The van der Waals surface area contributed by atoms with Gasteiger partial charge in [-0.2, -0.15) is 0 Å². The Kier molecular flexibility index (Phi) is 6.29. The van der Waals surface area contributed by atoms with E-state index in [9.17, 15) is 9.18 Å². The molecule has 3 rings (SSSR count). The lowest BCUT2D eigenvalue weighted by atomic mass is 9.96. The lowest BCUT2D eigenvalue weighted by Crippen LogP contribution is -2.39. The number of benzene rings is 2. The molecule has 0 saturated heterocycles. The maximum Gasteiger partial charge on any atom is 0.234 e. The van der Waals surface area contributed by atoms with Crippen molar-refractivity contribution in [1.29, 1.82) is 0 Å². The molecule has 2 aromatic carbocycles. The van der Waals surface area contributed by atoms with Crippen molar-refractivity contribution in [2.45, 2.75) is 13.0 Å². The summed E-state index contributed by atoms with van der Waals surface area (Å²) in [5.41, 5.74) is 2.11. The third-order valence-electron chi connectivity index (χ3n) is 4.62. The lowest BCUT2D eigenvalue weighted by Gasteiger charge is -2.26. The van der Waals surface area contributed by atoms with Crippen LogP contribution >= 0.6 is 0 Å². The van der Waals surface area contributed by atoms with Crippen molar-refractivity contribution in [1.82, 2.24) is 10.2 Å². The Hall–Kier alpha value is -2.60. The maximum atomic E-state index is 12.9. The molecule has 1 atom stereocenters. The van der Waals surface area contributed by atoms with E-state index < -0.39 is 0 Å². The van der Waals surface area contributed by atoms with Gasteiger partial charge in [0.05, 0.1) is 20.3 Å². The van der Waals surface area contributed by atoms with Crippen molar-refractivity contribution >= 4 is 5.91 Å². The number of nitrogens with zero attached hydrogens (tertiary/aromatic N) is 1. The Balaban J connectivity index is 1.43. The minimum absolute atomic E-state index is 0.0276. The van der Waals surface area contributed by atoms with Gasteiger partial charge in [0, 0.05) is 25.1 Å². The molecule has 5 nitrogen and oxygen atoms in total. The Morgan fingerprint density at radius 1 is 1.30 bits per heavy atom. The molecular formula is C21H25FN2O3. The first kappa shape index (κ1) is 19.2. The highest BCUT2D eigenvalue weighted by Gasteiger charge is 2.21. The molecule has 0 radical (unpaired) electrons. The average Bonchev–Trinajstić information content (AvgIpc) is 2.67. The van der Waals surface area contributed by atoms with Crippen LogP contribution in [-0.4, -0.2) is 44.7 Å². The zero-order valence-electron chi connectivity index (χ0n) is 15.7. The van der Waals surface area contributed by atoms with Crippen LogP contribution in [0.15, 0.2) is 42.5 Å². The second kappa shape index (κ2) is 8.86. The fraction of sp³-hybridized carbons (Fsp3) is 0.381. The lowest BCUT2D eigenvalue weighted by molar-refractivity contribution is -0.122. The smallest absolute Gasteiger partial charge is 0.234 e. The standard InChI is InChI=1S/C21H25FN2O3/c1-24(12-15-3-6-18(22)7-4-15)13-21(25)23-11-16-9-17-5-8-19(26-2)10-20(17)27-14-16/h3-8,10,16H,9,11-14H2,1-2H3,(H,23,25)/t16-/m1/s1. The predicted molar refractivity (Wildman–Crippen MR) is 101 cm³/mol. The molecule has 0 saturated carbocycles. The second-order valence-electron chi connectivity index (χ2n) is 6.96. The van der Waals surface area contributed by atoms with Crippen LogP contribution in [0.5, 0.6) is 11.5 Å². The topological polar surface area (TPSA) is 50.8 Å². The van der Waals surface area contributed by atoms with Crippen LogP contribution < -0.4 is 14.8 Å². The quantitative estimate of drug-likeness (QED) is 0.812. The van der Waals surface area contributed by atoms with Crippen molar-refractivity contribution in [3.05, 3.63) is 59.4 Å². The minimum atomic E-state index is -0.256. The molecule has 27 heavy (non-hydrogen) atoms. The molecule has 0 bridgehead atoms. The van der Waals surface area contributed by atoms with Crippen molar-refractivity contribution in [3.63, 3.8) is 0 Å². The molecular weight excluding hydrogens is 347 g/mol. The van der Waals surface area contributed by atoms with E-state index in [0.29, 0.717) is 26.2 Å². The number of methoxy groups -OCH3 is 1. The normalized spacial score (nSPS) is 15.8. The largest absolute Gasteiger partial charge is 0.497 e. The number of ether oxygens (including phenoxy) is 2. The number of carbonyl (C=O) groups is 1. The van der Waals surface area contributed by atoms with Gasteiger partial charge >= 0.3 is 0 Å². The highest BCUT2D eigenvalue weighted by molar-refractivity contribution is 5.78. The summed E-state index contributed by atoms with van der Waals surface area (Å²) in [4.78, 5) is 14.1. The number of likely N-dealkylation sites (N-methyl/N-ethyl adjacent to an activating group) is 1. The summed E-state index contributed by atoms with van der Waals surface area (Å²) in [6.07, 6.45) is 0.866. The van der Waals surface area contributed by atoms with Gasteiger partial charge < -0.3 is 14.8 Å². The molecule has 1 N–H and O–H groups in total. The zero-order valence-corrected chi connectivity index (χ0v) is 15.7. The SMILES string of the molecule is COc1ccc2c(c1)OC[C@@H](CNC(=O)CN(C)Cc1ccc(F)cc1)C2. The molecule has 1 heterocycles. The van der Waals surface area contributed by atoms with Crippen molar-refractivity contribution in [2.75, 3.05) is 33.9 Å². The summed E-state index contributed by atoms with van der Waals surface area (Å²) in [5.74, 6) is 1.60. The number of fused-ring (bicyclic) bond motifs is 1. The molecule has 0 spiro atoms. The van der Waals surface area contributed by atoms with E-state index in [0.717, 1.165) is 29.0 Å². The molecule has 1 aliphatic heterocycles. The van der Waals surface area contributed by atoms with Crippen molar-refractivity contribution in [2.24, 2.45) is 5.92 Å². The number of carbonyl (C=O) groups excluding carboxylic acids is 1. The fourth-order valence-corrected chi connectivity index (χ4v) is 3.19. The van der Waals surface area contributed by atoms with E-state index >= 15 is 0 Å². The fourth-order valence-electron chi connectivity index (χ4n) is 3.19. The number of nitrogens with one attached hydrogen (secondary N) is 1. The van der Waals surface area contributed by atoms with Crippen LogP contribution in [0.1, 0.15) is 11.1 Å². The highest BCUT2D eigenvalue weighted by Crippen LogP contribution is 2.30. The van der Waals surface area contributed by atoms with Gasteiger partial charge in [-0.1, -0.05) is 18.2 Å². The molecule has 0 fully saturated rings. The summed E-state index contributed by atoms with van der Waals surface area (Å²) >= 11 is 0. The van der Waals surface area contributed by atoms with Crippen LogP contribution in [0.2, 0.25) is 0 Å². The average molecular weight is 372 g/mol. The van der Waals surface area contributed by atoms with Crippen LogP contribution in [0, 0.1) is 11.7 Å². The Morgan fingerprint density at radius 3 is 2.81 bits per heavy atom. The van der Waals surface area contributed by atoms with E-state index in [1.807, 2.05) is 30.1 Å². The zero-order chi connectivity index (χ0) is 19.2. The monoisotopic (exact) mass is 372 g/mol. The molecule has 6 heteroatoms. The van der Waals surface area contributed by atoms with E-state index in [-0.39, 0.29) is 17.6 Å². The van der Waals surface area contributed by atoms with Crippen LogP contribution in [0.4, 0.5) is 4.39 Å². The van der Waals surface area contributed by atoms with E-state index in [2.05, 4.69) is 5.32 Å². The summed E-state index contributed by atoms with van der Waals surface area (Å²) in [6, 6.07) is 12.2. The molecule has 0 aromatic heterocycles. The number of rotatable bonds is 7. The van der Waals surface area contributed by atoms with Gasteiger partial charge in [-0.15, -0.1) is 0 Å². The maximum absolute atomic E-state index is 12.9. The highest BCUT2D eigenvalue weighted by atomic mass is 19.1. The number of amides is 1. The van der Waals surface area contributed by atoms with Gasteiger partial charge in [0.2, 0.25) is 5.91 Å². The van der Waals surface area contributed by atoms with Crippen molar-refractivity contribution < 1.29 is 18.7 Å². The first-order valence-electron chi connectivity index (χ1n) is 9.03. The second-order valence-corrected chi connectivity index (χ2v) is 6.96. The van der Waals surface area contributed by atoms with Gasteiger partial charge in [0.25, 0.3) is 0 Å². The Morgan fingerprint density at radius 2 is 2.07 bits per heavy atom. The molecule has 1 amide bonds. The summed E-state index contributed by atoms with van der Waals surface area (Å²) in [6.45, 7) is 2.04. The first-order chi connectivity index (χ1) is 13.0. The molecule has 0 unspecified atom stereocenters. The Labute approximate surface area is 159 Å². The molecule has 2 aromatic rings. The molecule has 1 aliphatic rings. The predicted octanol–water partition coefficient (Wildman–Crippen LogP) is 2.63.